The van der Waals surface area contributed by atoms with E-state index in [9.17, 15) is 0 Å². The van der Waals surface area contributed by atoms with Gasteiger partial charge in [-0.25, -0.2) is 0 Å². The molecule has 2 aromatic rings. The van der Waals surface area contributed by atoms with Crippen LogP contribution in [0.5, 0.6) is 0 Å². The van der Waals surface area contributed by atoms with Crippen LogP contribution in [0.3, 0.4) is 0 Å². The molecular formula is C17H25N3. The SMILES string of the molecule is CCc1cc(CC)n(CC(N)c2cc(C)ccc2C)n1. The molecule has 0 aliphatic heterocycles. The minimum atomic E-state index is -0.00944. The Morgan fingerprint density at radius 3 is 2.55 bits per heavy atom. The Morgan fingerprint density at radius 1 is 1.15 bits per heavy atom. The van der Waals surface area contributed by atoms with Crippen LogP contribution in [-0.4, -0.2) is 9.78 Å². The molecule has 0 aliphatic carbocycles. The third-order valence-electron chi connectivity index (χ3n) is 3.84. The molecule has 0 amide bonds. The second kappa shape index (κ2) is 6.23. The molecule has 0 spiro atoms. The van der Waals surface area contributed by atoms with Crippen molar-refractivity contribution in [3.05, 3.63) is 52.3 Å². The van der Waals surface area contributed by atoms with Crippen LogP contribution in [0, 0.1) is 13.8 Å². The van der Waals surface area contributed by atoms with E-state index in [0.717, 1.165) is 25.1 Å². The molecule has 0 saturated heterocycles. The van der Waals surface area contributed by atoms with E-state index < -0.39 is 0 Å². The van der Waals surface area contributed by atoms with E-state index in [-0.39, 0.29) is 6.04 Å². The zero-order valence-corrected chi connectivity index (χ0v) is 13.0. The molecule has 0 fully saturated rings. The van der Waals surface area contributed by atoms with E-state index in [0.29, 0.717) is 0 Å². The lowest BCUT2D eigenvalue weighted by Crippen LogP contribution is -2.20. The zero-order valence-electron chi connectivity index (χ0n) is 13.0. The summed E-state index contributed by atoms with van der Waals surface area (Å²) in [5.41, 5.74) is 12.6. The van der Waals surface area contributed by atoms with Crippen LogP contribution in [-0.2, 0) is 19.4 Å². The predicted molar refractivity (Wildman–Crippen MR) is 83.8 cm³/mol. The van der Waals surface area contributed by atoms with Crippen molar-refractivity contribution in [1.29, 1.82) is 0 Å². The molecule has 0 radical (unpaired) electrons. The largest absolute Gasteiger partial charge is 0.322 e. The fourth-order valence-corrected chi connectivity index (χ4v) is 2.57. The normalized spacial score (nSPS) is 12.7. The highest BCUT2D eigenvalue weighted by molar-refractivity contribution is 5.32. The van der Waals surface area contributed by atoms with Crippen molar-refractivity contribution in [2.45, 2.75) is 53.1 Å². The van der Waals surface area contributed by atoms with Crippen LogP contribution in [0.15, 0.2) is 24.3 Å². The van der Waals surface area contributed by atoms with E-state index in [1.165, 1.54) is 22.4 Å². The number of aromatic nitrogens is 2. The summed E-state index contributed by atoms with van der Waals surface area (Å²) in [6, 6.07) is 8.65. The number of nitrogens with zero attached hydrogens (tertiary/aromatic N) is 2. The quantitative estimate of drug-likeness (QED) is 0.906. The van der Waals surface area contributed by atoms with Crippen molar-refractivity contribution < 1.29 is 0 Å². The number of aryl methyl sites for hydroxylation is 4. The van der Waals surface area contributed by atoms with Gasteiger partial charge >= 0.3 is 0 Å². The summed E-state index contributed by atoms with van der Waals surface area (Å²) in [7, 11) is 0. The number of nitrogens with two attached hydrogens (primary N) is 1. The summed E-state index contributed by atoms with van der Waals surface area (Å²) >= 11 is 0. The van der Waals surface area contributed by atoms with Gasteiger partial charge in [-0.2, -0.15) is 5.10 Å². The molecule has 0 aliphatic rings. The maximum absolute atomic E-state index is 6.41. The maximum Gasteiger partial charge on any atom is 0.0624 e. The van der Waals surface area contributed by atoms with Crippen molar-refractivity contribution in [2.24, 2.45) is 5.73 Å². The van der Waals surface area contributed by atoms with E-state index in [1.54, 1.807) is 0 Å². The lowest BCUT2D eigenvalue weighted by Gasteiger charge is -2.17. The number of hydrogen-bond acceptors (Lipinski definition) is 2. The van der Waals surface area contributed by atoms with Crippen LogP contribution in [0.2, 0.25) is 0 Å². The van der Waals surface area contributed by atoms with Crippen molar-refractivity contribution in [2.75, 3.05) is 0 Å². The second-order valence-electron chi connectivity index (χ2n) is 5.48. The summed E-state index contributed by atoms with van der Waals surface area (Å²) < 4.78 is 2.07. The molecular weight excluding hydrogens is 246 g/mol. The lowest BCUT2D eigenvalue weighted by molar-refractivity contribution is 0.506. The van der Waals surface area contributed by atoms with Gasteiger partial charge in [0.25, 0.3) is 0 Å². The van der Waals surface area contributed by atoms with Gasteiger partial charge in [-0.1, -0.05) is 37.6 Å². The molecule has 3 heteroatoms. The Bertz CT molecular complexity index is 584. The van der Waals surface area contributed by atoms with Gasteiger partial charge in [-0.15, -0.1) is 0 Å². The molecule has 1 unspecified atom stereocenters. The predicted octanol–water partition coefficient (Wildman–Crippen LogP) is 3.32. The van der Waals surface area contributed by atoms with Gasteiger partial charge in [-0.05, 0) is 43.9 Å². The second-order valence-corrected chi connectivity index (χ2v) is 5.48. The first kappa shape index (κ1) is 14.8. The molecule has 1 heterocycles. The van der Waals surface area contributed by atoms with Gasteiger partial charge in [0.1, 0.15) is 0 Å². The minimum absolute atomic E-state index is 0.00944. The Hall–Kier alpha value is -1.61. The van der Waals surface area contributed by atoms with E-state index in [4.69, 9.17) is 5.73 Å². The first-order valence-corrected chi connectivity index (χ1v) is 7.43. The average Bonchev–Trinajstić information content (AvgIpc) is 2.83. The molecule has 2 rings (SSSR count). The van der Waals surface area contributed by atoms with E-state index in [1.807, 2.05) is 0 Å². The zero-order chi connectivity index (χ0) is 14.7. The molecule has 3 nitrogen and oxygen atoms in total. The fourth-order valence-electron chi connectivity index (χ4n) is 2.57. The average molecular weight is 271 g/mol. The molecule has 1 aromatic heterocycles. The van der Waals surface area contributed by atoms with Gasteiger partial charge in [0.2, 0.25) is 0 Å². The van der Waals surface area contributed by atoms with Gasteiger partial charge in [0, 0.05) is 11.7 Å². The van der Waals surface area contributed by atoms with Crippen LogP contribution in [0.1, 0.15) is 48.0 Å². The van der Waals surface area contributed by atoms with Gasteiger partial charge < -0.3 is 5.73 Å². The molecule has 2 N–H and O–H groups in total. The summed E-state index contributed by atoms with van der Waals surface area (Å²) in [6.07, 6.45) is 1.96. The van der Waals surface area contributed by atoms with Crippen molar-refractivity contribution >= 4 is 0 Å². The summed E-state index contributed by atoms with van der Waals surface area (Å²) in [4.78, 5) is 0. The Morgan fingerprint density at radius 2 is 1.90 bits per heavy atom. The van der Waals surface area contributed by atoms with Gasteiger partial charge in [0.15, 0.2) is 0 Å². The van der Waals surface area contributed by atoms with Gasteiger partial charge in [0.05, 0.1) is 12.2 Å². The van der Waals surface area contributed by atoms with Crippen LogP contribution in [0.25, 0.3) is 0 Å². The number of rotatable bonds is 5. The third kappa shape index (κ3) is 3.10. The summed E-state index contributed by atoms with van der Waals surface area (Å²) in [6.45, 7) is 9.27. The molecule has 108 valence electrons. The van der Waals surface area contributed by atoms with Crippen molar-refractivity contribution in [3.63, 3.8) is 0 Å². The van der Waals surface area contributed by atoms with Crippen LogP contribution < -0.4 is 5.73 Å². The minimum Gasteiger partial charge on any atom is -0.322 e. The highest BCUT2D eigenvalue weighted by Crippen LogP contribution is 2.20. The molecule has 20 heavy (non-hydrogen) atoms. The van der Waals surface area contributed by atoms with Crippen LogP contribution in [0.4, 0.5) is 0 Å². The monoisotopic (exact) mass is 271 g/mol. The Kier molecular flexibility index (Phi) is 4.61. The Labute approximate surface area is 121 Å². The van der Waals surface area contributed by atoms with E-state index >= 15 is 0 Å². The highest BCUT2D eigenvalue weighted by atomic mass is 15.3. The van der Waals surface area contributed by atoms with Crippen molar-refractivity contribution in [1.82, 2.24) is 9.78 Å². The van der Waals surface area contributed by atoms with E-state index in [2.05, 4.69) is 61.7 Å². The topological polar surface area (TPSA) is 43.8 Å². The molecule has 0 bridgehead atoms. The first-order valence-electron chi connectivity index (χ1n) is 7.43. The molecule has 1 atom stereocenters. The summed E-state index contributed by atoms with van der Waals surface area (Å²) in [5, 5.41) is 4.65. The van der Waals surface area contributed by atoms with Crippen LogP contribution >= 0.6 is 0 Å². The smallest absolute Gasteiger partial charge is 0.0624 e. The van der Waals surface area contributed by atoms with Crippen molar-refractivity contribution in [3.8, 4) is 0 Å². The first-order chi connectivity index (χ1) is 9.55. The lowest BCUT2D eigenvalue weighted by atomic mass is 9.99. The standard InChI is InChI=1S/C17H25N3/c1-5-14-10-15(6-2)20(19-14)11-17(18)16-9-12(3)7-8-13(16)4/h7-10,17H,5-6,11,18H2,1-4H3. The number of benzene rings is 1. The molecule has 1 aromatic carbocycles. The third-order valence-corrected chi connectivity index (χ3v) is 3.84. The highest BCUT2D eigenvalue weighted by Gasteiger charge is 2.13. The maximum atomic E-state index is 6.41. The molecule has 0 saturated carbocycles. The fraction of sp³-hybridized carbons (Fsp3) is 0.471. The van der Waals surface area contributed by atoms with Gasteiger partial charge in [-0.3, -0.25) is 4.68 Å². The summed E-state index contributed by atoms with van der Waals surface area (Å²) in [5.74, 6) is 0. The Balaban J connectivity index is 2.24. The number of hydrogen-bond donors (Lipinski definition) is 1.